The van der Waals surface area contributed by atoms with E-state index < -0.39 is 23.1 Å². The van der Waals surface area contributed by atoms with Gasteiger partial charge in [-0.25, -0.2) is 9.59 Å². The Morgan fingerprint density at radius 3 is 2.71 bits per heavy atom. The highest BCUT2D eigenvalue weighted by Crippen LogP contribution is 2.42. The van der Waals surface area contributed by atoms with E-state index in [1.165, 1.54) is 4.57 Å². The summed E-state index contributed by atoms with van der Waals surface area (Å²) in [6.07, 6.45) is 0. The van der Waals surface area contributed by atoms with Crippen molar-refractivity contribution in [3.8, 4) is 0 Å². The first-order chi connectivity index (χ1) is 11.5. The first kappa shape index (κ1) is 14.5. The molecule has 0 saturated carbocycles. The Kier molecular flexibility index (Phi) is 2.99. The highest BCUT2D eigenvalue weighted by Gasteiger charge is 2.41. The molecular weight excluding hydrogens is 310 g/mol. The number of carbonyl (C=O) groups is 1. The van der Waals surface area contributed by atoms with Crippen LogP contribution in [0, 0.1) is 6.92 Å². The molecule has 1 unspecified atom stereocenters. The van der Waals surface area contributed by atoms with Crippen LogP contribution in [0.3, 0.4) is 0 Å². The third kappa shape index (κ3) is 1.87. The molecule has 1 aromatic heterocycles. The first-order valence-electron chi connectivity index (χ1n) is 7.55. The average molecular weight is 325 g/mol. The van der Waals surface area contributed by atoms with Gasteiger partial charge in [0.05, 0.1) is 22.8 Å². The van der Waals surface area contributed by atoms with Gasteiger partial charge in [0.2, 0.25) is 0 Å². The quantitative estimate of drug-likeness (QED) is 0.755. The molecule has 0 aliphatic carbocycles. The largest absolute Gasteiger partial charge is 0.456 e. The van der Waals surface area contributed by atoms with Crippen LogP contribution < -0.4 is 16.6 Å². The summed E-state index contributed by atoms with van der Waals surface area (Å²) in [5, 5.41) is 3.04. The van der Waals surface area contributed by atoms with Gasteiger partial charge in [0.1, 0.15) is 12.4 Å². The van der Waals surface area contributed by atoms with Crippen LogP contribution in [0.2, 0.25) is 0 Å². The molecule has 7 heteroatoms. The first-order valence-corrected chi connectivity index (χ1v) is 7.55. The summed E-state index contributed by atoms with van der Waals surface area (Å²) in [5.74, 6) is -0.610. The van der Waals surface area contributed by atoms with E-state index in [0.717, 1.165) is 11.1 Å². The second kappa shape index (κ2) is 4.95. The van der Waals surface area contributed by atoms with Crippen molar-refractivity contribution in [2.45, 2.75) is 12.8 Å². The number of esters is 1. The van der Waals surface area contributed by atoms with Gasteiger partial charge in [0.15, 0.2) is 0 Å². The van der Waals surface area contributed by atoms with E-state index in [9.17, 15) is 14.4 Å². The van der Waals surface area contributed by atoms with Crippen molar-refractivity contribution < 1.29 is 9.53 Å². The SMILES string of the molecule is Cc1ccccc1C1C2=C(COC2=O)Nc2c1c(=O)[nH]c(=O)n2C. The Morgan fingerprint density at radius 1 is 1.21 bits per heavy atom. The van der Waals surface area contributed by atoms with Crippen molar-refractivity contribution in [2.24, 2.45) is 7.05 Å². The minimum atomic E-state index is -0.567. The predicted molar refractivity (Wildman–Crippen MR) is 86.9 cm³/mol. The molecule has 1 atom stereocenters. The number of cyclic esters (lactones) is 1. The van der Waals surface area contributed by atoms with E-state index in [2.05, 4.69) is 10.3 Å². The second-order valence-corrected chi connectivity index (χ2v) is 5.96. The van der Waals surface area contributed by atoms with Gasteiger partial charge in [0.25, 0.3) is 5.56 Å². The number of nitrogens with one attached hydrogen (secondary N) is 2. The molecule has 4 rings (SSSR count). The Hall–Kier alpha value is -3.09. The fraction of sp³-hybridized carbons (Fsp3) is 0.235. The molecule has 0 radical (unpaired) electrons. The standard InChI is InChI=1S/C17H15N3O4/c1-8-5-3-4-6-9(8)11-12-10(7-24-16(12)22)18-14-13(11)15(21)19-17(23)20(14)2/h3-6,11,18H,7H2,1-2H3,(H,19,21,23). The predicted octanol–water partition coefficient (Wildman–Crippen LogP) is 0.750. The number of carbonyl (C=O) groups excluding carboxylic acids is 1. The Labute approximate surface area is 136 Å². The van der Waals surface area contributed by atoms with Crippen LogP contribution >= 0.6 is 0 Å². The van der Waals surface area contributed by atoms with Gasteiger partial charge >= 0.3 is 11.7 Å². The van der Waals surface area contributed by atoms with Gasteiger partial charge < -0.3 is 10.1 Å². The van der Waals surface area contributed by atoms with Gasteiger partial charge in [-0.05, 0) is 18.1 Å². The lowest BCUT2D eigenvalue weighted by atomic mass is 9.81. The van der Waals surface area contributed by atoms with Crippen LogP contribution in [0.15, 0.2) is 45.1 Å². The number of aromatic nitrogens is 2. The summed E-state index contributed by atoms with van der Waals surface area (Å²) in [4.78, 5) is 39.1. The summed E-state index contributed by atoms with van der Waals surface area (Å²) in [6, 6.07) is 7.57. The van der Waals surface area contributed by atoms with Crippen molar-refractivity contribution in [3.05, 3.63) is 73.1 Å². The molecule has 7 nitrogen and oxygen atoms in total. The summed E-state index contributed by atoms with van der Waals surface area (Å²) < 4.78 is 6.50. The lowest BCUT2D eigenvalue weighted by Crippen LogP contribution is -2.37. The van der Waals surface area contributed by atoms with E-state index in [-0.39, 0.29) is 6.61 Å². The van der Waals surface area contributed by atoms with Crippen LogP contribution in [0.4, 0.5) is 5.82 Å². The molecule has 2 aliphatic rings. The van der Waals surface area contributed by atoms with Gasteiger partial charge in [-0.2, -0.15) is 0 Å². The zero-order chi connectivity index (χ0) is 17.0. The number of hydrogen-bond donors (Lipinski definition) is 2. The normalized spacial score (nSPS) is 18.8. The average Bonchev–Trinajstić information content (AvgIpc) is 2.93. The fourth-order valence-electron chi connectivity index (χ4n) is 3.38. The van der Waals surface area contributed by atoms with Crippen LogP contribution in [-0.4, -0.2) is 22.1 Å². The minimum absolute atomic E-state index is 0.108. The van der Waals surface area contributed by atoms with Gasteiger partial charge in [-0.15, -0.1) is 0 Å². The number of anilines is 1. The van der Waals surface area contributed by atoms with Gasteiger partial charge in [0, 0.05) is 7.05 Å². The maximum absolute atomic E-state index is 12.5. The number of ether oxygens (including phenoxy) is 1. The molecule has 24 heavy (non-hydrogen) atoms. The second-order valence-electron chi connectivity index (χ2n) is 5.96. The molecule has 0 amide bonds. The topological polar surface area (TPSA) is 93.2 Å². The van der Waals surface area contributed by atoms with Crippen molar-refractivity contribution in [3.63, 3.8) is 0 Å². The van der Waals surface area contributed by atoms with Crippen LogP contribution in [0.1, 0.15) is 22.6 Å². The third-order valence-corrected chi connectivity index (χ3v) is 4.60. The molecular formula is C17H15N3O4. The zero-order valence-electron chi connectivity index (χ0n) is 13.2. The summed E-state index contributed by atoms with van der Waals surface area (Å²) in [7, 11) is 1.57. The molecule has 1 aromatic carbocycles. The number of benzene rings is 1. The zero-order valence-corrected chi connectivity index (χ0v) is 13.2. The fourth-order valence-corrected chi connectivity index (χ4v) is 3.38. The summed E-state index contributed by atoms with van der Waals surface area (Å²) in [6.45, 7) is 2.03. The molecule has 2 aromatic rings. The maximum atomic E-state index is 12.5. The lowest BCUT2D eigenvalue weighted by Gasteiger charge is -2.28. The molecule has 0 saturated heterocycles. The number of hydrogen-bond acceptors (Lipinski definition) is 5. The van der Waals surface area contributed by atoms with Crippen LogP contribution in [0.25, 0.3) is 0 Å². The number of nitrogens with zero attached hydrogens (tertiary/aromatic N) is 1. The van der Waals surface area contributed by atoms with E-state index in [4.69, 9.17) is 4.74 Å². The molecule has 0 spiro atoms. The van der Waals surface area contributed by atoms with E-state index >= 15 is 0 Å². The maximum Gasteiger partial charge on any atom is 0.337 e. The molecule has 0 bridgehead atoms. The van der Waals surface area contributed by atoms with Gasteiger partial charge in [-0.3, -0.25) is 14.3 Å². The number of fused-ring (bicyclic) bond motifs is 1. The highest BCUT2D eigenvalue weighted by atomic mass is 16.5. The Balaban J connectivity index is 2.09. The molecule has 3 heterocycles. The van der Waals surface area contributed by atoms with Crippen LogP contribution in [0.5, 0.6) is 0 Å². The van der Waals surface area contributed by atoms with Crippen molar-refractivity contribution >= 4 is 11.8 Å². The molecule has 2 aliphatic heterocycles. The van der Waals surface area contributed by atoms with Crippen molar-refractivity contribution in [2.75, 3.05) is 11.9 Å². The number of H-pyrrole nitrogens is 1. The molecule has 122 valence electrons. The third-order valence-electron chi connectivity index (χ3n) is 4.60. The number of rotatable bonds is 1. The number of aromatic amines is 1. The Morgan fingerprint density at radius 2 is 1.96 bits per heavy atom. The van der Waals surface area contributed by atoms with E-state index in [1.807, 2.05) is 31.2 Å². The van der Waals surface area contributed by atoms with Crippen molar-refractivity contribution in [1.82, 2.24) is 9.55 Å². The number of aryl methyl sites for hydroxylation is 1. The smallest absolute Gasteiger partial charge is 0.337 e. The summed E-state index contributed by atoms with van der Waals surface area (Å²) >= 11 is 0. The lowest BCUT2D eigenvalue weighted by molar-refractivity contribution is -0.136. The van der Waals surface area contributed by atoms with Crippen LogP contribution in [-0.2, 0) is 16.6 Å². The van der Waals surface area contributed by atoms with E-state index in [1.54, 1.807) is 7.05 Å². The highest BCUT2D eigenvalue weighted by molar-refractivity contribution is 5.97. The Bertz CT molecular complexity index is 1030. The molecule has 2 N–H and O–H groups in total. The minimum Gasteiger partial charge on any atom is -0.456 e. The van der Waals surface area contributed by atoms with E-state index in [0.29, 0.717) is 22.7 Å². The monoisotopic (exact) mass is 325 g/mol. The van der Waals surface area contributed by atoms with Crippen molar-refractivity contribution in [1.29, 1.82) is 0 Å². The van der Waals surface area contributed by atoms with Gasteiger partial charge in [-0.1, -0.05) is 24.3 Å². The summed E-state index contributed by atoms with van der Waals surface area (Å²) in [5.41, 5.74) is 2.17. The molecule has 0 fully saturated rings.